The maximum absolute atomic E-state index is 12.5. The van der Waals surface area contributed by atoms with Gasteiger partial charge in [-0.2, -0.15) is 0 Å². The second-order valence-electron chi connectivity index (χ2n) is 4.50. The van der Waals surface area contributed by atoms with Gasteiger partial charge in [0.2, 0.25) is 0 Å². The van der Waals surface area contributed by atoms with Crippen LogP contribution in [0.3, 0.4) is 0 Å². The molecule has 1 fully saturated rings. The Balaban J connectivity index is 2.35. The number of rotatable bonds is 3. The van der Waals surface area contributed by atoms with Gasteiger partial charge < -0.3 is 20.2 Å². The Morgan fingerprint density at radius 1 is 1.30 bits per heavy atom. The molecule has 1 amide bonds. The number of carbonyl (C=O) groups is 2. The lowest BCUT2D eigenvalue weighted by molar-refractivity contribution is -0.141. The third kappa shape index (κ3) is 2.67. The van der Waals surface area contributed by atoms with Gasteiger partial charge in [-0.1, -0.05) is 6.92 Å². The number of hydrogen-bond donors (Lipinski definition) is 3. The number of aromatic hydroxyl groups is 2. The molecule has 20 heavy (non-hydrogen) atoms. The topological polar surface area (TPSA) is 98.1 Å². The van der Waals surface area contributed by atoms with E-state index < -0.39 is 17.9 Å². The number of phenolic OH excluding ortho intramolecular Hbond substituents is 2. The van der Waals surface area contributed by atoms with Gasteiger partial charge in [0.15, 0.2) is 0 Å². The molecule has 0 radical (unpaired) electrons. The first kappa shape index (κ1) is 14.5. The zero-order valence-electron chi connectivity index (χ0n) is 10.8. The summed E-state index contributed by atoms with van der Waals surface area (Å²) < 4.78 is 0. The second kappa shape index (κ2) is 5.62. The molecule has 1 aromatic rings. The molecule has 0 bridgehead atoms. The van der Waals surface area contributed by atoms with Crippen LogP contribution in [-0.2, 0) is 4.79 Å². The van der Waals surface area contributed by atoms with Gasteiger partial charge in [0, 0.05) is 17.4 Å². The normalized spacial score (nSPS) is 21.9. The number of benzene rings is 1. The summed E-state index contributed by atoms with van der Waals surface area (Å²) in [5.41, 5.74) is 0.0784. The molecule has 0 aliphatic carbocycles. The summed E-state index contributed by atoms with van der Waals surface area (Å²) >= 11 is 1.42. The van der Waals surface area contributed by atoms with E-state index in [0.29, 0.717) is 12.2 Å². The van der Waals surface area contributed by atoms with Crippen molar-refractivity contribution >= 4 is 23.6 Å². The molecule has 0 saturated carbocycles. The van der Waals surface area contributed by atoms with Crippen LogP contribution in [0, 0.1) is 0 Å². The Morgan fingerprint density at radius 2 is 1.90 bits per heavy atom. The average molecular weight is 297 g/mol. The van der Waals surface area contributed by atoms with E-state index >= 15 is 0 Å². The summed E-state index contributed by atoms with van der Waals surface area (Å²) in [6.07, 6.45) is 0.630. The largest absolute Gasteiger partial charge is 0.508 e. The van der Waals surface area contributed by atoms with Crippen LogP contribution in [0.5, 0.6) is 11.5 Å². The number of aliphatic carboxylic acids is 1. The first-order chi connectivity index (χ1) is 9.43. The van der Waals surface area contributed by atoms with E-state index in [1.54, 1.807) is 0 Å². The van der Waals surface area contributed by atoms with E-state index in [0.717, 1.165) is 6.07 Å². The highest BCUT2D eigenvalue weighted by Gasteiger charge is 2.41. The van der Waals surface area contributed by atoms with E-state index in [4.69, 9.17) is 0 Å². The van der Waals surface area contributed by atoms with Crippen molar-refractivity contribution in [2.45, 2.75) is 24.8 Å². The molecule has 1 aromatic carbocycles. The van der Waals surface area contributed by atoms with Crippen LogP contribution in [0.4, 0.5) is 0 Å². The zero-order chi connectivity index (χ0) is 14.9. The summed E-state index contributed by atoms with van der Waals surface area (Å²) in [6, 6.07) is 2.66. The molecule has 2 rings (SSSR count). The fraction of sp³-hybridized carbons (Fsp3) is 0.385. The second-order valence-corrected chi connectivity index (χ2v) is 5.71. The molecule has 7 heteroatoms. The van der Waals surface area contributed by atoms with Gasteiger partial charge in [-0.15, -0.1) is 11.8 Å². The molecule has 3 N–H and O–H groups in total. The number of phenols is 2. The van der Waals surface area contributed by atoms with Crippen LogP contribution in [0.25, 0.3) is 0 Å². The predicted molar refractivity (Wildman–Crippen MR) is 73.9 cm³/mol. The summed E-state index contributed by atoms with van der Waals surface area (Å²) in [5.74, 6) is -1.68. The minimum absolute atomic E-state index is 0.0784. The van der Waals surface area contributed by atoms with Crippen molar-refractivity contribution in [1.82, 2.24) is 4.90 Å². The summed E-state index contributed by atoms with van der Waals surface area (Å²) in [5, 5.41) is 27.8. The van der Waals surface area contributed by atoms with Crippen LogP contribution in [0.15, 0.2) is 18.2 Å². The molecule has 1 aliphatic rings. The minimum Gasteiger partial charge on any atom is -0.508 e. The zero-order valence-corrected chi connectivity index (χ0v) is 11.6. The molecule has 108 valence electrons. The SMILES string of the molecule is CCC1SCC(C(=O)O)N1C(=O)c1cc(O)cc(O)c1. The van der Waals surface area contributed by atoms with Gasteiger partial charge in [0.1, 0.15) is 17.5 Å². The van der Waals surface area contributed by atoms with Gasteiger partial charge in [0.25, 0.3) is 5.91 Å². The number of amides is 1. The van der Waals surface area contributed by atoms with Crippen LogP contribution in [0.1, 0.15) is 23.7 Å². The summed E-state index contributed by atoms with van der Waals surface area (Å²) in [4.78, 5) is 25.0. The standard InChI is InChI=1S/C13H15NO5S/c1-2-11-14(10(6-20-11)13(18)19)12(17)7-3-8(15)5-9(16)4-7/h3-5,10-11,15-16H,2,6H2,1H3,(H,18,19). The highest BCUT2D eigenvalue weighted by Crippen LogP contribution is 2.33. The monoisotopic (exact) mass is 297 g/mol. The molecular weight excluding hydrogens is 282 g/mol. The van der Waals surface area contributed by atoms with Crippen molar-refractivity contribution in [2.24, 2.45) is 0 Å². The van der Waals surface area contributed by atoms with Crippen LogP contribution < -0.4 is 0 Å². The third-order valence-corrected chi connectivity index (χ3v) is 4.56. The first-order valence-electron chi connectivity index (χ1n) is 6.14. The van der Waals surface area contributed by atoms with E-state index in [1.165, 1.54) is 28.8 Å². The Kier molecular flexibility index (Phi) is 4.08. The number of thioether (sulfide) groups is 1. The predicted octanol–water partition coefficient (Wildman–Crippen LogP) is 1.48. The van der Waals surface area contributed by atoms with Gasteiger partial charge in [0.05, 0.1) is 5.37 Å². The quantitative estimate of drug-likeness (QED) is 0.781. The first-order valence-corrected chi connectivity index (χ1v) is 7.19. The maximum Gasteiger partial charge on any atom is 0.327 e. The molecule has 2 atom stereocenters. The van der Waals surface area contributed by atoms with Crippen LogP contribution in [-0.4, -0.2) is 49.3 Å². The highest BCUT2D eigenvalue weighted by atomic mass is 32.2. The molecular formula is C13H15NO5S. The van der Waals surface area contributed by atoms with E-state index in [-0.39, 0.29) is 22.4 Å². The molecule has 2 unspecified atom stereocenters. The molecule has 1 aliphatic heterocycles. The number of hydrogen-bond acceptors (Lipinski definition) is 5. The third-order valence-electron chi connectivity index (χ3n) is 3.11. The Labute approximate surface area is 120 Å². The highest BCUT2D eigenvalue weighted by molar-refractivity contribution is 8.00. The Morgan fingerprint density at radius 3 is 2.40 bits per heavy atom. The molecule has 1 heterocycles. The van der Waals surface area contributed by atoms with Crippen molar-refractivity contribution in [3.63, 3.8) is 0 Å². The Hall–Kier alpha value is -1.89. The molecule has 1 saturated heterocycles. The van der Waals surface area contributed by atoms with Crippen molar-refractivity contribution in [1.29, 1.82) is 0 Å². The van der Waals surface area contributed by atoms with E-state index in [2.05, 4.69) is 0 Å². The summed E-state index contributed by atoms with van der Waals surface area (Å²) in [7, 11) is 0. The minimum atomic E-state index is -1.05. The molecule has 0 aromatic heterocycles. The van der Waals surface area contributed by atoms with Gasteiger partial charge in [-0.25, -0.2) is 4.79 Å². The number of carbonyl (C=O) groups excluding carboxylic acids is 1. The average Bonchev–Trinajstić information content (AvgIpc) is 2.80. The van der Waals surface area contributed by atoms with Gasteiger partial charge in [-0.3, -0.25) is 4.79 Å². The van der Waals surface area contributed by atoms with E-state index in [1.807, 2.05) is 6.92 Å². The lowest BCUT2D eigenvalue weighted by atomic mass is 10.1. The van der Waals surface area contributed by atoms with Crippen molar-refractivity contribution < 1.29 is 24.9 Å². The molecule has 6 nitrogen and oxygen atoms in total. The van der Waals surface area contributed by atoms with Crippen molar-refractivity contribution in [3.05, 3.63) is 23.8 Å². The van der Waals surface area contributed by atoms with Crippen LogP contribution >= 0.6 is 11.8 Å². The number of carboxylic acids is 1. The van der Waals surface area contributed by atoms with Gasteiger partial charge in [-0.05, 0) is 18.6 Å². The van der Waals surface area contributed by atoms with Crippen LogP contribution in [0.2, 0.25) is 0 Å². The van der Waals surface area contributed by atoms with Crippen molar-refractivity contribution in [2.75, 3.05) is 5.75 Å². The lowest BCUT2D eigenvalue weighted by Crippen LogP contribution is -2.45. The maximum atomic E-state index is 12.5. The Bertz CT molecular complexity index is 527. The lowest BCUT2D eigenvalue weighted by Gasteiger charge is -2.26. The number of carboxylic acid groups (broad SMARTS) is 1. The summed E-state index contributed by atoms with van der Waals surface area (Å²) in [6.45, 7) is 1.88. The van der Waals surface area contributed by atoms with E-state index in [9.17, 15) is 24.9 Å². The molecule has 0 spiro atoms. The fourth-order valence-electron chi connectivity index (χ4n) is 2.21. The van der Waals surface area contributed by atoms with Crippen molar-refractivity contribution in [3.8, 4) is 11.5 Å². The smallest absolute Gasteiger partial charge is 0.327 e. The number of nitrogens with zero attached hydrogens (tertiary/aromatic N) is 1. The fourth-order valence-corrected chi connectivity index (χ4v) is 3.55. The van der Waals surface area contributed by atoms with Gasteiger partial charge >= 0.3 is 5.97 Å².